The van der Waals surface area contributed by atoms with Gasteiger partial charge in [-0.2, -0.15) is 0 Å². The van der Waals surface area contributed by atoms with E-state index in [9.17, 15) is 23.9 Å². The van der Waals surface area contributed by atoms with Gasteiger partial charge in [0.15, 0.2) is 5.78 Å². The molecule has 0 aliphatic carbocycles. The third kappa shape index (κ3) is 24.4. The molecule has 0 aliphatic rings. The second-order valence-electron chi connectivity index (χ2n) is 13.8. The Morgan fingerprint density at radius 1 is 0.500 bits per heavy atom. The van der Waals surface area contributed by atoms with Crippen LogP contribution in [0.4, 0.5) is 0 Å². The minimum Gasteiger partial charge on any atom is -0.436 e. The molecule has 0 amide bonds. The second-order valence-corrected chi connectivity index (χ2v) is 15.6. The molecule has 0 aliphatic heterocycles. The van der Waals surface area contributed by atoms with Crippen molar-refractivity contribution in [2.45, 2.75) is 225 Å². The first kappa shape index (κ1) is 45.2. The number of ketones is 1. The smallest absolute Gasteiger partial charge is 0.377 e. The molecular weight excluding hydrogens is 597 g/mol. The van der Waals surface area contributed by atoms with Crippen LogP contribution in [0.2, 0.25) is 0 Å². The van der Waals surface area contributed by atoms with Crippen LogP contribution in [0.5, 0.6) is 0 Å². The van der Waals surface area contributed by atoms with Crippen LogP contribution in [0.3, 0.4) is 0 Å². The number of esters is 1. The molecule has 0 radical (unpaired) electrons. The van der Waals surface area contributed by atoms with Crippen molar-refractivity contribution in [2.75, 3.05) is 6.54 Å². The Bertz CT molecular complexity index is 757. The predicted molar refractivity (Wildman–Crippen MR) is 194 cm³/mol. The number of carbonyl (C=O) groups excluding carboxylic acids is 2. The average molecular weight is 674 g/mol. The van der Waals surface area contributed by atoms with Gasteiger partial charge in [0.25, 0.3) is 5.34 Å². The monoisotopic (exact) mass is 674 g/mol. The Balaban J connectivity index is 4.04. The summed E-state index contributed by atoms with van der Waals surface area (Å²) in [6.07, 6.45) is 36.0. The minimum absolute atomic E-state index is 0.0340. The van der Waals surface area contributed by atoms with E-state index in [2.05, 4.69) is 13.8 Å². The highest BCUT2D eigenvalue weighted by Crippen LogP contribution is 2.52. The number of rotatable bonds is 36. The molecule has 46 heavy (non-hydrogen) atoms. The SMILES string of the molecule is CCCCCCCCCCCCCCCCCC(=O)OC(CN)(C(=O)CCCCCCCCCCCCCCCCC)P(=O)(O)O. The van der Waals surface area contributed by atoms with Crippen LogP contribution < -0.4 is 5.73 Å². The lowest BCUT2D eigenvalue weighted by atomic mass is 10.0. The lowest BCUT2D eigenvalue weighted by molar-refractivity contribution is -0.160. The largest absolute Gasteiger partial charge is 0.436 e. The topological polar surface area (TPSA) is 127 Å². The molecule has 0 aromatic carbocycles. The summed E-state index contributed by atoms with van der Waals surface area (Å²) in [4.78, 5) is 45.5. The summed E-state index contributed by atoms with van der Waals surface area (Å²) in [6, 6.07) is 0. The summed E-state index contributed by atoms with van der Waals surface area (Å²) in [5.41, 5.74) is 5.69. The van der Waals surface area contributed by atoms with E-state index in [-0.39, 0.29) is 12.8 Å². The molecule has 0 fully saturated rings. The van der Waals surface area contributed by atoms with Crippen LogP contribution in [-0.2, 0) is 18.9 Å². The fourth-order valence-corrected chi connectivity index (χ4v) is 7.18. The van der Waals surface area contributed by atoms with Gasteiger partial charge in [0, 0.05) is 12.8 Å². The van der Waals surface area contributed by atoms with Crippen LogP contribution in [0.1, 0.15) is 219 Å². The number of unbranched alkanes of at least 4 members (excludes halogenated alkanes) is 28. The molecule has 0 saturated heterocycles. The molecule has 0 aromatic rings. The van der Waals surface area contributed by atoms with E-state index in [1.54, 1.807) is 0 Å². The molecule has 1 atom stereocenters. The number of nitrogens with two attached hydrogens (primary N) is 1. The molecule has 0 rings (SSSR count). The summed E-state index contributed by atoms with van der Waals surface area (Å²) in [7, 11) is -5.10. The van der Waals surface area contributed by atoms with Crippen molar-refractivity contribution in [3.63, 3.8) is 0 Å². The van der Waals surface area contributed by atoms with Crippen molar-refractivity contribution >= 4 is 19.3 Å². The van der Waals surface area contributed by atoms with E-state index in [0.29, 0.717) is 12.8 Å². The maximum atomic E-state index is 13.0. The van der Waals surface area contributed by atoms with Crippen molar-refractivity contribution in [3.05, 3.63) is 0 Å². The molecule has 274 valence electrons. The quantitative estimate of drug-likeness (QED) is 0.0343. The second kappa shape index (κ2) is 31.5. The number of carbonyl (C=O) groups is 2. The minimum atomic E-state index is -5.10. The normalized spacial score (nSPS) is 13.2. The maximum absolute atomic E-state index is 13.0. The third-order valence-electron chi connectivity index (χ3n) is 9.46. The predicted octanol–water partition coefficient (Wildman–Crippen LogP) is 11.5. The van der Waals surface area contributed by atoms with Gasteiger partial charge in [0.05, 0.1) is 6.54 Å². The van der Waals surface area contributed by atoms with Crippen molar-refractivity contribution in [1.29, 1.82) is 0 Å². The zero-order chi connectivity index (χ0) is 34.2. The Morgan fingerprint density at radius 3 is 1.02 bits per heavy atom. The van der Waals surface area contributed by atoms with Crippen molar-refractivity contribution in [1.82, 2.24) is 0 Å². The average Bonchev–Trinajstić information content (AvgIpc) is 3.02. The van der Waals surface area contributed by atoms with Gasteiger partial charge < -0.3 is 20.3 Å². The van der Waals surface area contributed by atoms with Crippen LogP contribution >= 0.6 is 7.60 Å². The van der Waals surface area contributed by atoms with Crippen molar-refractivity contribution in [3.8, 4) is 0 Å². The molecule has 4 N–H and O–H groups in total. The maximum Gasteiger partial charge on any atom is 0.377 e. The fourth-order valence-electron chi connectivity index (χ4n) is 6.29. The lowest BCUT2D eigenvalue weighted by Crippen LogP contribution is -2.49. The first-order chi connectivity index (χ1) is 22.2. The van der Waals surface area contributed by atoms with Gasteiger partial charge in [-0.1, -0.05) is 194 Å². The molecular formula is C38H76NO6P. The van der Waals surface area contributed by atoms with E-state index in [1.165, 1.54) is 141 Å². The molecule has 1 unspecified atom stereocenters. The van der Waals surface area contributed by atoms with Crippen LogP contribution in [0.25, 0.3) is 0 Å². The zero-order valence-corrected chi connectivity index (χ0v) is 31.3. The standard InChI is InChI=1S/C38H76NO6P/c1-3-5-7-9-11-13-15-17-19-21-23-25-27-29-31-33-36(40)38(35-39,46(42,43)44)45-37(41)34-32-30-28-26-24-22-20-18-16-14-12-10-8-6-4-2/h3-35,39H2,1-2H3,(H2,42,43,44). The van der Waals surface area contributed by atoms with E-state index < -0.39 is 31.2 Å². The van der Waals surface area contributed by atoms with Crippen LogP contribution in [-0.4, -0.2) is 33.4 Å². The van der Waals surface area contributed by atoms with Gasteiger partial charge in [-0.3, -0.25) is 14.2 Å². The number of Topliss-reactive ketones (excluding diaryl/α,β-unsaturated/α-hetero) is 1. The van der Waals surface area contributed by atoms with Crippen molar-refractivity contribution in [2.24, 2.45) is 5.73 Å². The van der Waals surface area contributed by atoms with Crippen molar-refractivity contribution < 1.29 is 28.7 Å². The summed E-state index contributed by atoms with van der Waals surface area (Å²) in [5, 5.41) is -2.56. The third-order valence-corrected chi connectivity index (χ3v) is 10.9. The van der Waals surface area contributed by atoms with E-state index in [4.69, 9.17) is 10.5 Å². The number of hydrogen-bond acceptors (Lipinski definition) is 5. The van der Waals surface area contributed by atoms with Gasteiger partial charge in [-0.05, 0) is 12.8 Å². The number of ether oxygens (including phenoxy) is 1. The van der Waals surface area contributed by atoms with E-state index >= 15 is 0 Å². The molecule has 0 spiro atoms. The Hall–Kier alpha value is -0.750. The van der Waals surface area contributed by atoms with Gasteiger partial charge in [-0.25, -0.2) is 0 Å². The first-order valence-electron chi connectivity index (χ1n) is 19.8. The highest BCUT2D eigenvalue weighted by molar-refractivity contribution is 7.54. The Labute approximate surface area is 284 Å². The molecule has 0 aromatic heterocycles. The first-order valence-corrected chi connectivity index (χ1v) is 21.4. The van der Waals surface area contributed by atoms with Gasteiger partial charge in [0.1, 0.15) is 0 Å². The molecule has 0 heterocycles. The summed E-state index contributed by atoms with van der Waals surface area (Å²) < 4.78 is 17.6. The zero-order valence-electron chi connectivity index (χ0n) is 30.4. The van der Waals surface area contributed by atoms with Gasteiger partial charge >= 0.3 is 13.6 Å². The summed E-state index contributed by atoms with van der Waals surface area (Å²) in [6.45, 7) is 3.79. The molecule has 0 saturated carbocycles. The molecule has 7 nitrogen and oxygen atoms in total. The van der Waals surface area contributed by atoms with Crippen LogP contribution in [0, 0.1) is 0 Å². The Kier molecular flexibility index (Phi) is 31.0. The summed E-state index contributed by atoms with van der Waals surface area (Å²) in [5.74, 6) is -1.52. The summed E-state index contributed by atoms with van der Waals surface area (Å²) >= 11 is 0. The number of hydrogen-bond donors (Lipinski definition) is 3. The van der Waals surface area contributed by atoms with Gasteiger partial charge in [0.2, 0.25) is 0 Å². The molecule has 8 heteroatoms. The van der Waals surface area contributed by atoms with Crippen LogP contribution in [0.15, 0.2) is 0 Å². The van der Waals surface area contributed by atoms with Gasteiger partial charge in [-0.15, -0.1) is 0 Å². The van der Waals surface area contributed by atoms with E-state index in [0.717, 1.165) is 38.5 Å². The fraction of sp³-hybridized carbons (Fsp3) is 0.947. The highest BCUT2D eigenvalue weighted by Gasteiger charge is 2.55. The van der Waals surface area contributed by atoms with E-state index in [1.807, 2.05) is 0 Å². The Morgan fingerprint density at radius 2 is 0.761 bits per heavy atom. The lowest BCUT2D eigenvalue weighted by Gasteiger charge is -2.31. The highest BCUT2D eigenvalue weighted by atomic mass is 31.2. The molecule has 0 bridgehead atoms.